The first-order valence-electron chi connectivity index (χ1n) is 10.7. The first-order valence-corrected chi connectivity index (χ1v) is 10.7. The molecule has 7 nitrogen and oxygen atoms in total. The topological polar surface area (TPSA) is 75.0 Å². The SMILES string of the molecule is O=C1c2c(O)c(=O)ccn2N2CN1CCC=CCOc1c(F)cccc1[C@H]2c1ccccc1. The van der Waals surface area contributed by atoms with Crippen LogP contribution >= 0.6 is 0 Å². The number of ether oxygens (including phenoxy) is 1. The molecule has 2 aliphatic heterocycles. The van der Waals surface area contributed by atoms with Crippen molar-refractivity contribution in [1.29, 1.82) is 0 Å². The second-order valence-electron chi connectivity index (χ2n) is 7.91. The Morgan fingerprint density at radius 2 is 1.82 bits per heavy atom. The fourth-order valence-corrected chi connectivity index (χ4v) is 4.35. The van der Waals surface area contributed by atoms with Gasteiger partial charge >= 0.3 is 0 Å². The number of hydrogen-bond acceptors (Lipinski definition) is 5. The second-order valence-corrected chi connectivity index (χ2v) is 7.91. The Morgan fingerprint density at radius 1 is 1.00 bits per heavy atom. The Balaban J connectivity index is 1.80. The van der Waals surface area contributed by atoms with E-state index in [1.54, 1.807) is 23.1 Å². The minimum absolute atomic E-state index is 0.116. The lowest BCUT2D eigenvalue weighted by Gasteiger charge is -2.44. The van der Waals surface area contributed by atoms with E-state index in [-0.39, 0.29) is 24.7 Å². The molecule has 0 saturated carbocycles. The average Bonchev–Trinajstić information content (AvgIpc) is 2.81. The molecule has 2 bridgehead atoms. The molecule has 8 heteroatoms. The van der Waals surface area contributed by atoms with Crippen LogP contribution in [0.4, 0.5) is 4.39 Å². The van der Waals surface area contributed by atoms with E-state index >= 15 is 0 Å². The summed E-state index contributed by atoms with van der Waals surface area (Å²) in [5.41, 5.74) is 0.644. The van der Waals surface area contributed by atoms with Crippen LogP contribution < -0.4 is 15.2 Å². The molecule has 0 spiro atoms. The first-order chi connectivity index (χ1) is 16.1. The molecule has 3 aromatic rings. The van der Waals surface area contributed by atoms with Crippen LogP contribution in [0.25, 0.3) is 0 Å². The van der Waals surface area contributed by atoms with E-state index in [1.165, 1.54) is 23.0 Å². The van der Waals surface area contributed by atoms with Gasteiger partial charge in [-0.1, -0.05) is 54.6 Å². The predicted octanol–water partition coefficient (Wildman–Crippen LogP) is 3.17. The molecule has 0 fully saturated rings. The lowest BCUT2D eigenvalue weighted by Crippen LogP contribution is -2.55. The Morgan fingerprint density at radius 3 is 2.64 bits per heavy atom. The van der Waals surface area contributed by atoms with Crippen LogP contribution in [0.5, 0.6) is 11.5 Å². The number of aromatic hydroxyl groups is 1. The number of para-hydroxylation sites is 1. The van der Waals surface area contributed by atoms with Crippen LogP contribution in [0, 0.1) is 5.82 Å². The van der Waals surface area contributed by atoms with Gasteiger partial charge in [-0.3, -0.25) is 19.3 Å². The Kier molecular flexibility index (Phi) is 5.34. The van der Waals surface area contributed by atoms with Crippen molar-refractivity contribution in [3.05, 3.63) is 106 Å². The quantitative estimate of drug-likeness (QED) is 0.580. The minimum atomic E-state index is -0.636. The Bertz CT molecular complexity index is 1290. The highest BCUT2D eigenvalue weighted by atomic mass is 19.1. The van der Waals surface area contributed by atoms with Gasteiger partial charge in [0.05, 0.1) is 0 Å². The van der Waals surface area contributed by atoms with Gasteiger partial charge in [0.25, 0.3) is 5.91 Å². The minimum Gasteiger partial charge on any atom is -0.502 e. The molecule has 0 radical (unpaired) electrons. The number of nitrogens with zero attached hydrogens (tertiary/aromatic N) is 3. The smallest absolute Gasteiger partial charge is 0.277 e. The Labute approximate surface area is 189 Å². The van der Waals surface area contributed by atoms with Crippen LogP contribution in [0.3, 0.4) is 0 Å². The van der Waals surface area contributed by atoms with Gasteiger partial charge in [-0.25, -0.2) is 4.39 Å². The number of carbonyl (C=O) groups is 1. The van der Waals surface area contributed by atoms with E-state index in [4.69, 9.17) is 4.74 Å². The molecule has 0 saturated heterocycles. The summed E-state index contributed by atoms with van der Waals surface area (Å²) in [6, 6.07) is 14.9. The summed E-state index contributed by atoms with van der Waals surface area (Å²) in [6.45, 7) is 0.733. The number of rotatable bonds is 1. The van der Waals surface area contributed by atoms with Gasteiger partial charge in [0, 0.05) is 24.4 Å². The molecule has 2 aromatic carbocycles. The molecule has 1 aromatic heterocycles. The summed E-state index contributed by atoms with van der Waals surface area (Å²) in [4.78, 5) is 27.0. The number of hydrogen-bond donors (Lipinski definition) is 1. The van der Waals surface area contributed by atoms with Crippen LogP contribution in [-0.4, -0.2) is 40.4 Å². The van der Waals surface area contributed by atoms with Gasteiger partial charge in [-0.2, -0.15) is 0 Å². The lowest BCUT2D eigenvalue weighted by atomic mass is 9.96. The molecule has 33 heavy (non-hydrogen) atoms. The molecule has 1 amide bonds. The third-order valence-electron chi connectivity index (χ3n) is 5.90. The van der Waals surface area contributed by atoms with E-state index in [0.717, 1.165) is 5.56 Å². The Hall–Kier alpha value is -4.07. The summed E-state index contributed by atoms with van der Waals surface area (Å²) >= 11 is 0. The number of benzene rings is 2. The average molecular weight is 447 g/mol. The summed E-state index contributed by atoms with van der Waals surface area (Å²) in [5, 5.41) is 12.4. The fraction of sp³-hybridized carbons (Fsp3) is 0.200. The van der Waals surface area contributed by atoms with E-state index < -0.39 is 28.9 Å². The monoisotopic (exact) mass is 447 g/mol. The van der Waals surface area contributed by atoms with Gasteiger partial charge in [0.2, 0.25) is 5.43 Å². The number of carbonyl (C=O) groups excluding carboxylic acids is 1. The van der Waals surface area contributed by atoms with Crippen molar-refractivity contribution < 1.29 is 19.0 Å². The standard InChI is InChI=1S/C25H22FN3O4/c26-19-11-7-10-18-21(17-8-3-1-4-9-17)29-16-27(13-5-2-6-15-33-24(18)19)25(32)22-23(31)20(30)12-14-28(22)29/h1-4,6-12,14,21,31H,5,13,15-16H2/t21-/m1/s1. The third-order valence-corrected chi connectivity index (χ3v) is 5.90. The van der Waals surface area contributed by atoms with Crippen LogP contribution in [0.1, 0.15) is 34.1 Å². The van der Waals surface area contributed by atoms with Gasteiger partial charge < -0.3 is 14.7 Å². The molecular formula is C25H22FN3O4. The van der Waals surface area contributed by atoms with E-state index in [2.05, 4.69) is 0 Å². The normalized spacial score (nSPS) is 18.0. The van der Waals surface area contributed by atoms with Crippen molar-refractivity contribution in [2.24, 2.45) is 0 Å². The highest BCUT2D eigenvalue weighted by molar-refractivity contribution is 5.96. The molecular weight excluding hydrogens is 425 g/mol. The summed E-state index contributed by atoms with van der Waals surface area (Å²) in [5.74, 6) is -1.42. The zero-order chi connectivity index (χ0) is 22.9. The molecule has 0 aliphatic carbocycles. The maximum Gasteiger partial charge on any atom is 0.277 e. The van der Waals surface area contributed by atoms with Gasteiger partial charge in [0.15, 0.2) is 23.0 Å². The maximum absolute atomic E-state index is 15.0. The van der Waals surface area contributed by atoms with E-state index in [0.29, 0.717) is 18.5 Å². The zero-order valence-electron chi connectivity index (χ0n) is 17.7. The van der Waals surface area contributed by atoms with Crippen molar-refractivity contribution in [2.45, 2.75) is 12.5 Å². The van der Waals surface area contributed by atoms with Crippen LogP contribution in [0.15, 0.2) is 77.7 Å². The van der Waals surface area contributed by atoms with Gasteiger partial charge in [-0.15, -0.1) is 0 Å². The van der Waals surface area contributed by atoms with E-state index in [1.807, 2.05) is 41.4 Å². The van der Waals surface area contributed by atoms with Crippen LogP contribution in [-0.2, 0) is 0 Å². The lowest BCUT2D eigenvalue weighted by molar-refractivity contribution is 0.0682. The number of pyridine rings is 1. The number of fused-ring (bicyclic) bond motifs is 5. The summed E-state index contributed by atoms with van der Waals surface area (Å²) in [6.07, 6.45) is 5.66. The van der Waals surface area contributed by atoms with Crippen molar-refractivity contribution in [3.8, 4) is 11.5 Å². The fourth-order valence-electron chi connectivity index (χ4n) is 4.35. The molecule has 2 aliphatic rings. The van der Waals surface area contributed by atoms with Gasteiger partial charge in [-0.05, 0) is 18.1 Å². The van der Waals surface area contributed by atoms with Crippen LogP contribution in [0.2, 0.25) is 0 Å². The summed E-state index contributed by atoms with van der Waals surface area (Å²) < 4.78 is 22.3. The molecule has 5 rings (SSSR count). The van der Waals surface area contributed by atoms with Crippen molar-refractivity contribution in [1.82, 2.24) is 9.58 Å². The number of halogens is 1. The van der Waals surface area contributed by atoms with Crippen molar-refractivity contribution in [2.75, 3.05) is 24.8 Å². The zero-order valence-corrected chi connectivity index (χ0v) is 17.7. The van der Waals surface area contributed by atoms with E-state index in [9.17, 15) is 19.1 Å². The molecule has 1 N–H and O–H groups in total. The van der Waals surface area contributed by atoms with Gasteiger partial charge in [0.1, 0.15) is 19.3 Å². The second kappa shape index (κ2) is 8.46. The molecule has 168 valence electrons. The first kappa shape index (κ1) is 20.8. The highest BCUT2D eigenvalue weighted by Gasteiger charge is 2.37. The van der Waals surface area contributed by atoms with Crippen molar-refractivity contribution in [3.63, 3.8) is 0 Å². The highest BCUT2D eigenvalue weighted by Crippen LogP contribution is 2.38. The van der Waals surface area contributed by atoms with Crippen molar-refractivity contribution >= 4 is 5.91 Å². The number of amides is 1. The number of aromatic nitrogens is 1. The molecule has 1 atom stereocenters. The largest absolute Gasteiger partial charge is 0.502 e. The maximum atomic E-state index is 15.0. The summed E-state index contributed by atoms with van der Waals surface area (Å²) in [7, 11) is 0. The molecule has 3 heterocycles. The molecule has 0 unspecified atom stereocenters. The predicted molar refractivity (Wildman–Crippen MR) is 120 cm³/mol. The third kappa shape index (κ3) is 3.63.